The molecule has 0 bridgehead atoms. The summed E-state index contributed by atoms with van der Waals surface area (Å²) >= 11 is 0. The van der Waals surface area contributed by atoms with Gasteiger partial charge in [0, 0.05) is 5.69 Å². The maximum atomic E-state index is 12.6. The molecular weight excluding hydrogens is 329 g/mol. The van der Waals surface area contributed by atoms with Crippen LogP contribution in [0, 0.1) is 20.8 Å². The minimum absolute atomic E-state index is 0.0372. The van der Waals surface area contributed by atoms with Gasteiger partial charge in [0.05, 0.1) is 18.4 Å². The van der Waals surface area contributed by atoms with Gasteiger partial charge in [-0.3, -0.25) is 4.79 Å². The van der Waals surface area contributed by atoms with Crippen molar-refractivity contribution in [1.82, 2.24) is 19.7 Å². The quantitative estimate of drug-likeness (QED) is 0.678. The van der Waals surface area contributed by atoms with Crippen LogP contribution in [0.15, 0.2) is 0 Å². The number of Topliss-reactive ketones (excluding diaryl/α,β-unsaturated/α-hetero) is 1. The third kappa shape index (κ3) is 3.17. The van der Waals surface area contributed by atoms with Crippen molar-refractivity contribution in [2.45, 2.75) is 33.5 Å². The zero-order chi connectivity index (χ0) is 18.2. The summed E-state index contributed by atoms with van der Waals surface area (Å²) < 4.78 is 43.3. The monoisotopic (exact) mass is 344 g/mol. The molecule has 0 aliphatic heterocycles. The van der Waals surface area contributed by atoms with Crippen molar-refractivity contribution in [3.8, 4) is 0 Å². The van der Waals surface area contributed by atoms with Gasteiger partial charge in [-0.2, -0.15) is 13.2 Å². The van der Waals surface area contributed by atoms with Crippen LogP contribution in [-0.2, 0) is 17.5 Å². The molecule has 0 unspecified atom stereocenters. The summed E-state index contributed by atoms with van der Waals surface area (Å²) in [6.45, 7) is 4.04. The molecule has 2 heterocycles. The molecule has 24 heavy (non-hydrogen) atoms. The second-order valence-electron chi connectivity index (χ2n) is 5.18. The average Bonchev–Trinajstić information content (AvgIpc) is 2.99. The Labute approximate surface area is 134 Å². The summed E-state index contributed by atoms with van der Waals surface area (Å²) in [7, 11) is 1.22. The number of H-pyrrole nitrogens is 1. The number of ether oxygens (including phenoxy) is 1. The van der Waals surface area contributed by atoms with Crippen LogP contribution in [0.3, 0.4) is 0 Å². The Morgan fingerprint density at radius 2 is 1.88 bits per heavy atom. The van der Waals surface area contributed by atoms with Gasteiger partial charge in [-0.1, -0.05) is 0 Å². The summed E-state index contributed by atoms with van der Waals surface area (Å²) in [5, 5.41) is 3.31. The smallest absolute Gasteiger partial charge is 0.453 e. The predicted octanol–water partition coefficient (Wildman–Crippen LogP) is 2.22. The molecule has 0 fully saturated rings. The molecule has 0 aliphatic rings. The molecule has 0 aliphatic carbocycles. The highest BCUT2D eigenvalue weighted by molar-refractivity contribution is 6.01. The number of carbonyl (C=O) groups is 2. The second-order valence-corrected chi connectivity index (χ2v) is 5.18. The zero-order valence-corrected chi connectivity index (χ0v) is 13.4. The fourth-order valence-electron chi connectivity index (χ4n) is 2.34. The number of methoxy groups -OCH3 is 1. The molecule has 0 saturated carbocycles. The maximum Gasteiger partial charge on any atom is 0.453 e. The number of esters is 1. The summed E-state index contributed by atoms with van der Waals surface area (Å²) in [6.07, 6.45) is -4.68. The molecule has 0 aromatic carbocycles. The number of hydrogen-bond acceptors (Lipinski definition) is 5. The summed E-state index contributed by atoms with van der Waals surface area (Å²) in [6, 6.07) is 0. The van der Waals surface area contributed by atoms with Gasteiger partial charge < -0.3 is 9.72 Å². The normalized spacial score (nSPS) is 11.6. The molecule has 2 aromatic rings. The van der Waals surface area contributed by atoms with Gasteiger partial charge in [0.15, 0.2) is 0 Å². The molecule has 0 amide bonds. The van der Waals surface area contributed by atoms with Crippen LogP contribution in [0.2, 0.25) is 0 Å². The van der Waals surface area contributed by atoms with Gasteiger partial charge >= 0.3 is 12.1 Å². The maximum absolute atomic E-state index is 12.6. The average molecular weight is 344 g/mol. The van der Waals surface area contributed by atoms with E-state index in [1.165, 1.54) is 14.0 Å². The van der Waals surface area contributed by atoms with E-state index in [0.29, 0.717) is 11.3 Å². The van der Waals surface area contributed by atoms with Gasteiger partial charge in [-0.05, 0) is 26.3 Å². The fourth-order valence-corrected chi connectivity index (χ4v) is 2.34. The lowest BCUT2D eigenvalue weighted by Gasteiger charge is -2.03. The van der Waals surface area contributed by atoms with Crippen molar-refractivity contribution in [2.24, 2.45) is 0 Å². The van der Waals surface area contributed by atoms with Gasteiger partial charge in [0.2, 0.25) is 5.78 Å². The Bertz CT molecular complexity index is 805. The van der Waals surface area contributed by atoms with E-state index >= 15 is 0 Å². The Kier molecular flexibility index (Phi) is 4.50. The molecule has 10 heteroatoms. The second kappa shape index (κ2) is 6.10. The Morgan fingerprint density at radius 1 is 1.25 bits per heavy atom. The molecular formula is C14H15F3N4O3. The van der Waals surface area contributed by atoms with E-state index in [-0.39, 0.29) is 17.1 Å². The standard InChI is InChI=1S/C14H15F3N4O3/c1-6-10(12(23)24-4)7(2)18-11(6)9(22)5-21-8(3)19-13(20-21)14(15,16)17/h18H,5H2,1-4H3. The van der Waals surface area contributed by atoms with Crippen LogP contribution < -0.4 is 0 Å². The lowest BCUT2D eigenvalue weighted by molar-refractivity contribution is -0.145. The van der Waals surface area contributed by atoms with Crippen LogP contribution in [-0.4, -0.2) is 38.6 Å². The SMILES string of the molecule is COC(=O)c1c(C)[nH]c(C(=O)Cn2nc(C(F)(F)F)nc2C)c1C. The topological polar surface area (TPSA) is 89.9 Å². The molecule has 0 saturated heterocycles. The van der Waals surface area contributed by atoms with Crippen LogP contribution >= 0.6 is 0 Å². The van der Waals surface area contributed by atoms with E-state index < -0.39 is 30.3 Å². The highest BCUT2D eigenvalue weighted by Gasteiger charge is 2.37. The number of aromatic nitrogens is 4. The lowest BCUT2D eigenvalue weighted by atomic mass is 10.1. The number of halogens is 3. The van der Waals surface area contributed by atoms with Crippen molar-refractivity contribution in [3.05, 3.63) is 34.2 Å². The number of ketones is 1. The number of carbonyl (C=O) groups excluding carboxylic acids is 2. The van der Waals surface area contributed by atoms with E-state index in [9.17, 15) is 22.8 Å². The summed E-state index contributed by atoms with van der Waals surface area (Å²) in [5.41, 5.74) is 1.16. The predicted molar refractivity (Wildman–Crippen MR) is 75.7 cm³/mol. The number of aromatic amines is 1. The van der Waals surface area contributed by atoms with Gasteiger partial charge in [0.25, 0.3) is 5.82 Å². The molecule has 0 spiro atoms. The summed E-state index contributed by atoms with van der Waals surface area (Å²) in [5.74, 6) is -2.46. The first kappa shape index (κ1) is 17.7. The van der Waals surface area contributed by atoms with Crippen molar-refractivity contribution in [2.75, 3.05) is 7.11 Å². The lowest BCUT2D eigenvalue weighted by Crippen LogP contribution is -2.15. The molecule has 0 atom stereocenters. The third-order valence-electron chi connectivity index (χ3n) is 3.51. The minimum Gasteiger partial charge on any atom is -0.465 e. The van der Waals surface area contributed by atoms with E-state index in [4.69, 9.17) is 0 Å². The molecule has 0 radical (unpaired) electrons. The Hall–Kier alpha value is -2.65. The summed E-state index contributed by atoms with van der Waals surface area (Å²) in [4.78, 5) is 30.2. The number of alkyl halides is 3. The van der Waals surface area contributed by atoms with Gasteiger partial charge in [-0.15, -0.1) is 5.10 Å². The molecule has 7 nitrogen and oxygen atoms in total. The highest BCUT2D eigenvalue weighted by Crippen LogP contribution is 2.26. The number of nitrogens with one attached hydrogen (secondary N) is 1. The zero-order valence-electron chi connectivity index (χ0n) is 13.4. The minimum atomic E-state index is -4.68. The first-order chi connectivity index (χ1) is 11.1. The fraction of sp³-hybridized carbons (Fsp3) is 0.429. The largest absolute Gasteiger partial charge is 0.465 e. The molecule has 2 aromatic heterocycles. The highest BCUT2D eigenvalue weighted by atomic mass is 19.4. The van der Waals surface area contributed by atoms with Gasteiger partial charge in [0.1, 0.15) is 12.4 Å². The number of rotatable bonds is 4. The van der Waals surface area contributed by atoms with Crippen LogP contribution in [0.4, 0.5) is 13.2 Å². The number of nitrogens with zero attached hydrogens (tertiary/aromatic N) is 3. The van der Waals surface area contributed by atoms with Crippen LogP contribution in [0.25, 0.3) is 0 Å². The van der Waals surface area contributed by atoms with Crippen molar-refractivity contribution in [1.29, 1.82) is 0 Å². The molecule has 1 N–H and O–H groups in total. The van der Waals surface area contributed by atoms with Crippen molar-refractivity contribution in [3.63, 3.8) is 0 Å². The first-order valence-electron chi connectivity index (χ1n) is 6.85. The number of hydrogen-bond donors (Lipinski definition) is 1. The number of aryl methyl sites for hydroxylation is 2. The Balaban J connectivity index is 2.32. The van der Waals surface area contributed by atoms with E-state index in [1.807, 2.05) is 0 Å². The molecule has 2 rings (SSSR count). The molecule has 130 valence electrons. The first-order valence-corrected chi connectivity index (χ1v) is 6.85. The van der Waals surface area contributed by atoms with E-state index in [0.717, 1.165) is 4.68 Å². The van der Waals surface area contributed by atoms with Gasteiger partial charge in [-0.25, -0.2) is 14.5 Å². The van der Waals surface area contributed by atoms with Crippen molar-refractivity contribution < 1.29 is 27.5 Å². The van der Waals surface area contributed by atoms with Crippen molar-refractivity contribution >= 4 is 11.8 Å². The van der Waals surface area contributed by atoms with Crippen LogP contribution in [0.5, 0.6) is 0 Å². The van der Waals surface area contributed by atoms with E-state index in [2.05, 4.69) is 19.8 Å². The Morgan fingerprint density at radius 3 is 2.38 bits per heavy atom. The van der Waals surface area contributed by atoms with E-state index in [1.54, 1.807) is 13.8 Å². The third-order valence-corrected chi connectivity index (χ3v) is 3.51. The van der Waals surface area contributed by atoms with Crippen LogP contribution in [0.1, 0.15) is 43.8 Å².